The molecule has 0 aromatic carbocycles. The summed E-state index contributed by atoms with van der Waals surface area (Å²) in [5.74, 6) is 0.257. The first-order chi connectivity index (χ1) is 5.74. The third kappa shape index (κ3) is 2.30. The molecule has 2 N–H and O–H groups in total. The van der Waals surface area contributed by atoms with Crippen LogP contribution in [0.1, 0.15) is 13.3 Å². The van der Waals surface area contributed by atoms with Crippen LogP contribution in [-0.2, 0) is 4.79 Å². The van der Waals surface area contributed by atoms with E-state index in [4.69, 9.17) is 0 Å². The number of alkyl halides is 1. The van der Waals surface area contributed by atoms with E-state index in [1.165, 1.54) is 6.33 Å². The van der Waals surface area contributed by atoms with Gasteiger partial charge in [-0.2, -0.15) is 10.1 Å². The van der Waals surface area contributed by atoms with Gasteiger partial charge in [-0.1, -0.05) is 22.9 Å². The number of nitrogens with one attached hydrogen (secondary N) is 2. The summed E-state index contributed by atoms with van der Waals surface area (Å²) in [6.07, 6.45) is 2.07. The highest BCUT2D eigenvalue weighted by atomic mass is 79.9. The Kier molecular flexibility index (Phi) is 3.21. The molecule has 1 atom stereocenters. The average Bonchev–Trinajstić information content (AvgIpc) is 2.55. The SMILES string of the molecule is CCC(Br)C(=O)Nc1ncn[nH]1. The fraction of sp³-hybridized carbons (Fsp3) is 0.500. The zero-order chi connectivity index (χ0) is 8.97. The van der Waals surface area contributed by atoms with Crippen molar-refractivity contribution in [1.82, 2.24) is 15.2 Å². The second-order valence-corrected chi connectivity index (χ2v) is 3.30. The highest BCUT2D eigenvalue weighted by molar-refractivity contribution is 9.10. The quantitative estimate of drug-likeness (QED) is 0.762. The Hall–Kier alpha value is -0.910. The van der Waals surface area contributed by atoms with Gasteiger partial charge in [0.2, 0.25) is 11.9 Å². The Morgan fingerprint density at radius 1 is 1.92 bits per heavy atom. The largest absolute Gasteiger partial charge is 0.294 e. The first kappa shape index (κ1) is 9.18. The van der Waals surface area contributed by atoms with E-state index in [0.717, 1.165) is 6.42 Å². The van der Waals surface area contributed by atoms with E-state index in [2.05, 4.69) is 36.4 Å². The first-order valence-electron chi connectivity index (χ1n) is 3.54. The molecule has 1 aromatic rings. The number of hydrogen-bond donors (Lipinski definition) is 2. The van der Waals surface area contributed by atoms with Crippen molar-refractivity contribution >= 4 is 27.8 Å². The molecule has 0 saturated carbocycles. The van der Waals surface area contributed by atoms with Crippen molar-refractivity contribution in [1.29, 1.82) is 0 Å². The molecule has 1 amide bonds. The highest BCUT2D eigenvalue weighted by Crippen LogP contribution is 2.06. The first-order valence-corrected chi connectivity index (χ1v) is 4.46. The minimum Gasteiger partial charge on any atom is -0.294 e. The summed E-state index contributed by atoms with van der Waals surface area (Å²) < 4.78 is 0. The number of carbonyl (C=O) groups excluding carboxylic acids is 1. The number of hydrogen-bond acceptors (Lipinski definition) is 3. The van der Waals surface area contributed by atoms with Crippen LogP contribution >= 0.6 is 15.9 Å². The Labute approximate surface area is 78.1 Å². The molecule has 5 nitrogen and oxygen atoms in total. The highest BCUT2D eigenvalue weighted by Gasteiger charge is 2.12. The third-order valence-electron chi connectivity index (χ3n) is 1.30. The second kappa shape index (κ2) is 4.20. The van der Waals surface area contributed by atoms with Crippen molar-refractivity contribution in [3.05, 3.63) is 6.33 Å². The molecule has 66 valence electrons. The summed E-state index contributed by atoms with van der Waals surface area (Å²) in [5.41, 5.74) is 0. The van der Waals surface area contributed by atoms with Gasteiger partial charge >= 0.3 is 0 Å². The fourth-order valence-electron chi connectivity index (χ4n) is 0.646. The van der Waals surface area contributed by atoms with Gasteiger partial charge in [0.05, 0.1) is 4.83 Å². The van der Waals surface area contributed by atoms with Crippen LogP contribution in [0.3, 0.4) is 0 Å². The van der Waals surface area contributed by atoms with Gasteiger partial charge in [0.25, 0.3) is 0 Å². The van der Waals surface area contributed by atoms with E-state index in [1.54, 1.807) is 0 Å². The molecule has 1 heterocycles. The number of aromatic amines is 1. The molecule has 0 spiro atoms. The summed E-state index contributed by atoms with van der Waals surface area (Å²) in [7, 11) is 0. The van der Waals surface area contributed by atoms with Crippen LogP contribution in [0.5, 0.6) is 0 Å². The molecule has 0 bridgehead atoms. The maximum Gasteiger partial charge on any atom is 0.240 e. The molecule has 0 aliphatic rings. The van der Waals surface area contributed by atoms with Crippen LogP contribution in [-0.4, -0.2) is 25.9 Å². The predicted molar refractivity (Wildman–Crippen MR) is 48.0 cm³/mol. The molecule has 0 aliphatic carbocycles. The third-order valence-corrected chi connectivity index (χ3v) is 2.36. The topological polar surface area (TPSA) is 70.7 Å². The van der Waals surface area contributed by atoms with Crippen LogP contribution in [0.2, 0.25) is 0 Å². The van der Waals surface area contributed by atoms with Crippen molar-refractivity contribution in [2.75, 3.05) is 5.32 Å². The van der Waals surface area contributed by atoms with Gasteiger partial charge in [-0.3, -0.25) is 10.1 Å². The standard InChI is InChI=1S/C6H9BrN4O/c1-2-4(7)5(12)10-6-8-3-9-11-6/h3-4H,2H2,1H3,(H2,8,9,10,11,12). The number of aromatic nitrogens is 3. The van der Waals surface area contributed by atoms with Crippen LogP contribution in [0.15, 0.2) is 6.33 Å². The van der Waals surface area contributed by atoms with Gasteiger partial charge in [-0.05, 0) is 6.42 Å². The molecule has 12 heavy (non-hydrogen) atoms. The number of halogens is 1. The van der Waals surface area contributed by atoms with E-state index >= 15 is 0 Å². The van der Waals surface area contributed by atoms with Crippen molar-refractivity contribution in [3.8, 4) is 0 Å². The number of rotatable bonds is 3. The fourth-order valence-corrected chi connectivity index (χ4v) is 0.761. The lowest BCUT2D eigenvalue weighted by atomic mass is 10.3. The number of amides is 1. The van der Waals surface area contributed by atoms with E-state index in [9.17, 15) is 4.79 Å². The normalized spacial score (nSPS) is 12.5. The molecule has 0 aliphatic heterocycles. The van der Waals surface area contributed by atoms with Crippen molar-refractivity contribution in [3.63, 3.8) is 0 Å². The lowest BCUT2D eigenvalue weighted by Gasteiger charge is -2.04. The minimum absolute atomic E-state index is 0.116. The maximum absolute atomic E-state index is 11.2. The molecule has 0 fully saturated rings. The van der Waals surface area contributed by atoms with E-state index in [1.807, 2.05) is 6.92 Å². The van der Waals surface area contributed by atoms with Crippen molar-refractivity contribution < 1.29 is 4.79 Å². The zero-order valence-corrected chi connectivity index (χ0v) is 8.13. The summed E-state index contributed by atoms with van der Waals surface area (Å²) >= 11 is 3.21. The number of nitrogens with zero attached hydrogens (tertiary/aromatic N) is 2. The lowest BCUT2D eigenvalue weighted by molar-refractivity contribution is -0.115. The summed E-state index contributed by atoms with van der Waals surface area (Å²) in [6.45, 7) is 1.92. The van der Waals surface area contributed by atoms with Gasteiger partial charge in [-0.15, -0.1) is 0 Å². The predicted octanol–water partition coefficient (Wildman–Crippen LogP) is 0.917. The Bertz CT molecular complexity index is 248. The van der Waals surface area contributed by atoms with Gasteiger partial charge in [-0.25, -0.2) is 5.10 Å². The van der Waals surface area contributed by atoms with Crippen molar-refractivity contribution in [2.24, 2.45) is 0 Å². The zero-order valence-electron chi connectivity index (χ0n) is 6.54. The van der Waals surface area contributed by atoms with E-state index < -0.39 is 0 Å². The smallest absolute Gasteiger partial charge is 0.240 e. The Balaban J connectivity index is 2.47. The monoisotopic (exact) mass is 232 g/mol. The van der Waals surface area contributed by atoms with Gasteiger partial charge in [0, 0.05) is 0 Å². The minimum atomic E-state index is -0.178. The molecule has 1 aromatic heterocycles. The summed E-state index contributed by atoms with van der Waals surface area (Å²) in [4.78, 5) is 14.8. The Morgan fingerprint density at radius 2 is 2.67 bits per heavy atom. The van der Waals surface area contributed by atoms with Gasteiger partial charge in [0.1, 0.15) is 6.33 Å². The van der Waals surface area contributed by atoms with Crippen molar-refractivity contribution in [2.45, 2.75) is 18.2 Å². The lowest BCUT2D eigenvalue weighted by Crippen LogP contribution is -2.22. The summed E-state index contributed by atoms with van der Waals surface area (Å²) in [5, 5.41) is 8.68. The van der Waals surface area contributed by atoms with Gasteiger partial charge < -0.3 is 0 Å². The van der Waals surface area contributed by atoms with Crippen LogP contribution in [0.25, 0.3) is 0 Å². The average molecular weight is 233 g/mol. The number of H-pyrrole nitrogens is 1. The van der Waals surface area contributed by atoms with E-state index in [-0.39, 0.29) is 10.7 Å². The Morgan fingerprint density at radius 3 is 3.17 bits per heavy atom. The second-order valence-electron chi connectivity index (χ2n) is 2.20. The molecule has 0 radical (unpaired) electrons. The molecular formula is C6H9BrN4O. The number of anilines is 1. The molecule has 1 rings (SSSR count). The van der Waals surface area contributed by atoms with Crippen LogP contribution in [0, 0.1) is 0 Å². The number of carbonyl (C=O) groups is 1. The summed E-state index contributed by atoms with van der Waals surface area (Å²) in [6, 6.07) is 0. The van der Waals surface area contributed by atoms with Crippen LogP contribution < -0.4 is 5.32 Å². The van der Waals surface area contributed by atoms with Gasteiger partial charge in [0.15, 0.2) is 0 Å². The van der Waals surface area contributed by atoms with Crippen LogP contribution in [0.4, 0.5) is 5.95 Å². The molecule has 6 heteroatoms. The van der Waals surface area contributed by atoms with E-state index in [0.29, 0.717) is 5.95 Å². The molecule has 1 unspecified atom stereocenters. The molecule has 0 saturated heterocycles. The maximum atomic E-state index is 11.2. The molecular weight excluding hydrogens is 224 g/mol.